The summed E-state index contributed by atoms with van der Waals surface area (Å²) in [5.74, 6) is 0.759. The average Bonchev–Trinajstić information content (AvgIpc) is 2.83. The number of aromatic amines is 1. The van der Waals surface area contributed by atoms with E-state index in [1.54, 1.807) is 36.7 Å². The molecule has 4 nitrogen and oxygen atoms in total. The highest BCUT2D eigenvalue weighted by atomic mass is 35.5. The molecule has 88 valence electrons. The summed E-state index contributed by atoms with van der Waals surface area (Å²) in [6, 6.07) is 6.79. The molecule has 0 unspecified atom stereocenters. The topological polar surface area (TPSA) is 57.8 Å². The van der Waals surface area contributed by atoms with E-state index in [4.69, 9.17) is 11.6 Å². The van der Waals surface area contributed by atoms with Gasteiger partial charge in [-0.3, -0.25) is 4.79 Å². The van der Waals surface area contributed by atoms with Gasteiger partial charge in [0, 0.05) is 35.9 Å². The van der Waals surface area contributed by atoms with Crippen molar-refractivity contribution in [3.63, 3.8) is 0 Å². The van der Waals surface area contributed by atoms with E-state index in [1.165, 1.54) is 0 Å². The summed E-state index contributed by atoms with van der Waals surface area (Å²) in [5.41, 5.74) is 0.605. The van der Waals surface area contributed by atoms with Crippen LogP contribution in [0.3, 0.4) is 0 Å². The number of carbonyl (C=O) groups excluding carboxylic acids is 1. The number of nitrogens with zero attached hydrogens (tertiary/aromatic N) is 1. The second-order valence-electron chi connectivity index (χ2n) is 3.55. The van der Waals surface area contributed by atoms with Gasteiger partial charge in [0.25, 0.3) is 5.91 Å². The maximum Gasteiger partial charge on any atom is 0.251 e. The number of carbonyl (C=O) groups is 1. The molecule has 0 aliphatic carbocycles. The third-order valence-corrected chi connectivity index (χ3v) is 2.56. The van der Waals surface area contributed by atoms with Crippen LogP contribution in [0.5, 0.6) is 0 Å². The van der Waals surface area contributed by atoms with Crippen molar-refractivity contribution in [3.05, 3.63) is 53.1 Å². The summed E-state index contributed by atoms with van der Waals surface area (Å²) >= 11 is 5.74. The number of amides is 1. The van der Waals surface area contributed by atoms with Gasteiger partial charge >= 0.3 is 0 Å². The van der Waals surface area contributed by atoms with Crippen LogP contribution in [-0.2, 0) is 6.42 Å². The Morgan fingerprint density at radius 3 is 2.76 bits per heavy atom. The zero-order valence-electron chi connectivity index (χ0n) is 9.11. The van der Waals surface area contributed by atoms with Crippen LogP contribution in [0.2, 0.25) is 5.02 Å². The molecule has 5 heteroatoms. The molecule has 0 atom stereocenters. The molecule has 17 heavy (non-hydrogen) atoms. The number of aromatic nitrogens is 2. The molecular weight excluding hydrogens is 238 g/mol. The smallest absolute Gasteiger partial charge is 0.251 e. The minimum absolute atomic E-state index is 0.103. The Bertz CT molecular complexity index is 479. The summed E-state index contributed by atoms with van der Waals surface area (Å²) in [6.07, 6.45) is 4.14. The van der Waals surface area contributed by atoms with Crippen molar-refractivity contribution >= 4 is 17.5 Å². The zero-order valence-corrected chi connectivity index (χ0v) is 9.87. The standard InChI is InChI=1S/C12H12ClN3O/c13-10-3-1-9(2-4-10)12(17)16-6-5-11-14-7-8-15-11/h1-4,7-8H,5-6H2,(H,14,15)(H,16,17). The highest BCUT2D eigenvalue weighted by molar-refractivity contribution is 6.30. The quantitative estimate of drug-likeness (QED) is 0.871. The predicted molar refractivity (Wildman–Crippen MR) is 66.1 cm³/mol. The highest BCUT2D eigenvalue weighted by Gasteiger charge is 2.04. The second kappa shape index (κ2) is 5.50. The molecule has 1 aromatic carbocycles. The number of nitrogens with one attached hydrogen (secondary N) is 2. The molecule has 0 saturated heterocycles. The maximum absolute atomic E-state index is 11.7. The number of halogens is 1. The van der Waals surface area contributed by atoms with Gasteiger partial charge in [-0.25, -0.2) is 4.98 Å². The van der Waals surface area contributed by atoms with Crippen LogP contribution in [0.4, 0.5) is 0 Å². The van der Waals surface area contributed by atoms with Gasteiger partial charge in [-0.1, -0.05) is 11.6 Å². The number of hydrogen-bond acceptors (Lipinski definition) is 2. The Kier molecular flexibility index (Phi) is 3.77. The van der Waals surface area contributed by atoms with E-state index in [2.05, 4.69) is 15.3 Å². The lowest BCUT2D eigenvalue weighted by Crippen LogP contribution is -2.25. The van der Waals surface area contributed by atoms with Crippen LogP contribution in [0.1, 0.15) is 16.2 Å². The molecule has 1 amide bonds. The van der Waals surface area contributed by atoms with E-state index < -0.39 is 0 Å². The Labute approximate surface area is 104 Å². The first-order chi connectivity index (χ1) is 8.25. The molecule has 2 rings (SSSR count). The minimum atomic E-state index is -0.103. The molecular formula is C12H12ClN3O. The van der Waals surface area contributed by atoms with Crippen LogP contribution < -0.4 is 5.32 Å². The monoisotopic (exact) mass is 249 g/mol. The number of imidazole rings is 1. The number of rotatable bonds is 4. The lowest BCUT2D eigenvalue weighted by Gasteiger charge is -2.03. The molecule has 0 aliphatic rings. The number of hydrogen-bond donors (Lipinski definition) is 2. The van der Waals surface area contributed by atoms with Crippen molar-refractivity contribution in [1.29, 1.82) is 0 Å². The molecule has 0 spiro atoms. The summed E-state index contributed by atoms with van der Waals surface area (Å²) in [6.45, 7) is 0.551. The molecule has 0 saturated carbocycles. The molecule has 0 aliphatic heterocycles. The molecule has 2 aromatic rings. The van der Waals surface area contributed by atoms with E-state index in [-0.39, 0.29) is 5.91 Å². The van der Waals surface area contributed by atoms with Crippen molar-refractivity contribution in [3.8, 4) is 0 Å². The van der Waals surface area contributed by atoms with Crippen molar-refractivity contribution < 1.29 is 4.79 Å². The Morgan fingerprint density at radius 1 is 1.35 bits per heavy atom. The molecule has 1 heterocycles. The minimum Gasteiger partial charge on any atom is -0.352 e. The predicted octanol–water partition coefficient (Wildman–Crippen LogP) is 2.04. The largest absolute Gasteiger partial charge is 0.352 e. The van der Waals surface area contributed by atoms with Gasteiger partial charge in [0.15, 0.2) is 0 Å². The molecule has 1 aromatic heterocycles. The first-order valence-corrected chi connectivity index (χ1v) is 5.65. The van der Waals surface area contributed by atoms with E-state index in [9.17, 15) is 4.79 Å². The number of benzene rings is 1. The van der Waals surface area contributed by atoms with E-state index in [1.807, 2.05) is 0 Å². The van der Waals surface area contributed by atoms with E-state index in [0.29, 0.717) is 23.6 Å². The summed E-state index contributed by atoms with van der Waals surface area (Å²) in [5, 5.41) is 3.44. The maximum atomic E-state index is 11.7. The Balaban J connectivity index is 1.83. The number of H-pyrrole nitrogens is 1. The summed E-state index contributed by atoms with van der Waals surface area (Å²) in [7, 11) is 0. The summed E-state index contributed by atoms with van der Waals surface area (Å²) < 4.78 is 0. The fourth-order valence-corrected chi connectivity index (χ4v) is 1.56. The SMILES string of the molecule is O=C(NCCc1ncc[nH]1)c1ccc(Cl)cc1. The lowest BCUT2D eigenvalue weighted by atomic mass is 10.2. The second-order valence-corrected chi connectivity index (χ2v) is 3.99. The third-order valence-electron chi connectivity index (χ3n) is 2.31. The van der Waals surface area contributed by atoms with Crippen molar-refractivity contribution in [1.82, 2.24) is 15.3 Å². The fourth-order valence-electron chi connectivity index (χ4n) is 1.43. The van der Waals surface area contributed by atoms with Crippen LogP contribution in [0, 0.1) is 0 Å². The molecule has 2 N–H and O–H groups in total. The van der Waals surface area contributed by atoms with Gasteiger partial charge in [-0.15, -0.1) is 0 Å². The van der Waals surface area contributed by atoms with Gasteiger partial charge in [-0.2, -0.15) is 0 Å². The van der Waals surface area contributed by atoms with Crippen LogP contribution in [-0.4, -0.2) is 22.4 Å². The lowest BCUT2D eigenvalue weighted by molar-refractivity contribution is 0.0954. The third kappa shape index (κ3) is 3.32. The fraction of sp³-hybridized carbons (Fsp3) is 0.167. The molecule has 0 radical (unpaired) electrons. The van der Waals surface area contributed by atoms with Crippen LogP contribution >= 0.6 is 11.6 Å². The molecule has 0 bridgehead atoms. The van der Waals surface area contributed by atoms with Crippen molar-refractivity contribution in [2.45, 2.75) is 6.42 Å². The van der Waals surface area contributed by atoms with Crippen LogP contribution in [0.15, 0.2) is 36.7 Å². The first kappa shape index (κ1) is 11.7. The highest BCUT2D eigenvalue weighted by Crippen LogP contribution is 2.09. The van der Waals surface area contributed by atoms with Gasteiger partial charge < -0.3 is 10.3 Å². The average molecular weight is 250 g/mol. The van der Waals surface area contributed by atoms with E-state index in [0.717, 1.165) is 5.82 Å². The summed E-state index contributed by atoms with van der Waals surface area (Å²) in [4.78, 5) is 18.8. The van der Waals surface area contributed by atoms with Gasteiger partial charge in [0.1, 0.15) is 5.82 Å². The zero-order chi connectivity index (χ0) is 12.1. The van der Waals surface area contributed by atoms with Gasteiger partial charge in [0.2, 0.25) is 0 Å². The Morgan fingerprint density at radius 2 is 2.12 bits per heavy atom. The normalized spacial score (nSPS) is 10.2. The van der Waals surface area contributed by atoms with Gasteiger partial charge in [-0.05, 0) is 24.3 Å². The van der Waals surface area contributed by atoms with Crippen molar-refractivity contribution in [2.75, 3.05) is 6.54 Å². The van der Waals surface area contributed by atoms with Crippen LogP contribution in [0.25, 0.3) is 0 Å². The van der Waals surface area contributed by atoms with Gasteiger partial charge in [0.05, 0.1) is 0 Å². The van der Waals surface area contributed by atoms with Crippen molar-refractivity contribution in [2.24, 2.45) is 0 Å². The molecule has 0 fully saturated rings. The van der Waals surface area contributed by atoms with E-state index >= 15 is 0 Å². The Hall–Kier alpha value is -1.81. The first-order valence-electron chi connectivity index (χ1n) is 5.28.